The molecule has 72 valence electrons. The third-order valence-corrected chi connectivity index (χ3v) is 2.59. The summed E-state index contributed by atoms with van der Waals surface area (Å²) in [5, 5.41) is 0. The van der Waals surface area contributed by atoms with Crippen molar-refractivity contribution in [2.75, 3.05) is 12.9 Å². The first-order valence-electron chi connectivity index (χ1n) is 3.84. The number of thioether (sulfide) groups is 1. The Balaban J connectivity index is 3.72. The van der Waals surface area contributed by atoms with Crippen LogP contribution in [0.1, 0.15) is 20.8 Å². The third-order valence-electron chi connectivity index (χ3n) is 1.20. The number of nitrogens with two attached hydrogens (primary N) is 1. The molecule has 0 aromatic rings. The van der Waals surface area contributed by atoms with Gasteiger partial charge in [0, 0.05) is 10.5 Å². The Labute approximate surface area is 78.0 Å². The van der Waals surface area contributed by atoms with E-state index in [1.807, 2.05) is 0 Å². The minimum Gasteiger partial charge on any atom is -0.468 e. The first-order valence-corrected chi connectivity index (χ1v) is 4.83. The van der Waals surface area contributed by atoms with Crippen LogP contribution < -0.4 is 5.73 Å². The molecule has 0 fully saturated rings. The molecule has 4 heteroatoms. The molecule has 2 N–H and O–H groups in total. The number of esters is 1. The van der Waals surface area contributed by atoms with Gasteiger partial charge in [0.2, 0.25) is 0 Å². The van der Waals surface area contributed by atoms with Gasteiger partial charge in [-0.25, -0.2) is 0 Å². The molecule has 0 aliphatic rings. The zero-order valence-corrected chi connectivity index (χ0v) is 8.90. The Bertz CT molecular complexity index is 154. The van der Waals surface area contributed by atoms with E-state index in [1.165, 1.54) is 7.11 Å². The molecule has 0 radical (unpaired) electrons. The highest BCUT2D eigenvalue weighted by Crippen LogP contribution is 2.23. The lowest BCUT2D eigenvalue weighted by Gasteiger charge is -2.19. The molecule has 0 aliphatic heterocycles. The number of hydrogen-bond donors (Lipinski definition) is 1. The molecule has 0 spiro atoms. The van der Waals surface area contributed by atoms with E-state index < -0.39 is 6.04 Å². The zero-order chi connectivity index (χ0) is 9.78. The minimum absolute atomic E-state index is 0.144. The lowest BCUT2D eigenvalue weighted by Crippen LogP contribution is -2.35. The predicted octanol–water partition coefficient (Wildman–Crippen LogP) is 1.02. The molecular formula is C8H17NO2S. The molecular weight excluding hydrogens is 174 g/mol. The molecule has 1 atom stereocenters. The van der Waals surface area contributed by atoms with Crippen LogP contribution in [-0.2, 0) is 9.53 Å². The van der Waals surface area contributed by atoms with Crippen molar-refractivity contribution >= 4 is 17.7 Å². The molecule has 0 amide bonds. The normalized spacial score (nSPS) is 14.1. The monoisotopic (exact) mass is 191 g/mol. The van der Waals surface area contributed by atoms with E-state index in [0.717, 1.165) is 0 Å². The third kappa shape index (κ3) is 5.43. The molecule has 0 aromatic heterocycles. The van der Waals surface area contributed by atoms with Gasteiger partial charge in [-0.1, -0.05) is 20.8 Å². The number of carbonyl (C=O) groups is 1. The van der Waals surface area contributed by atoms with E-state index in [9.17, 15) is 4.79 Å². The van der Waals surface area contributed by atoms with Crippen molar-refractivity contribution in [3.8, 4) is 0 Å². The summed E-state index contributed by atoms with van der Waals surface area (Å²) in [6, 6.07) is -0.501. The van der Waals surface area contributed by atoms with Gasteiger partial charge in [0.1, 0.15) is 6.04 Å². The average molecular weight is 191 g/mol. The molecule has 0 saturated carbocycles. The van der Waals surface area contributed by atoms with Crippen LogP contribution in [0.25, 0.3) is 0 Å². The van der Waals surface area contributed by atoms with Gasteiger partial charge in [0.25, 0.3) is 0 Å². The highest BCUT2D eigenvalue weighted by molar-refractivity contribution is 8.00. The molecule has 0 aromatic carbocycles. The van der Waals surface area contributed by atoms with Crippen molar-refractivity contribution < 1.29 is 9.53 Å². The summed E-state index contributed by atoms with van der Waals surface area (Å²) < 4.78 is 4.64. The summed E-state index contributed by atoms with van der Waals surface area (Å²) in [5.74, 6) is 0.266. The van der Waals surface area contributed by atoms with Gasteiger partial charge >= 0.3 is 5.97 Å². The topological polar surface area (TPSA) is 52.3 Å². The van der Waals surface area contributed by atoms with E-state index in [2.05, 4.69) is 25.5 Å². The lowest BCUT2D eigenvalue weighted by molar-refractivity contribution is -0.141. The average Bonchev–Trinajstić information content (AvgIpc) is 1.97. The Morgan fingerprint density at radius 3 is 2.42 bits per heavy atom. The molecule has 3 nitrogen and oxygen atoms in total. The van der Waals surface area contributed by atoms with Crippen LogP contribution in [0.4, 0.5) is 0 Å². The van der Waals surface area contributed by atoms with E-state index in [-0.39, 0.29) is 10.7 Å². The Hall–Kier alpha value is -0.220. The van der Waals surface area contributed by atoms with Crippen molar-refractivity contribution in [2.45, 2.75) is 31.6 Å². The van der Waals surface area contributed by atoms with Crippen LogP contribution in [0.15, 0.2) is 0 Å². The highest BCUT2D eigenvalue weighted by Gasteiger charge is 2.18. The minimum atomic E-state index is -0.501. The van der Waals surface area contributed by atoms with E-state index in [0.29, 0.717) is 5.75 Å². The predicted molar refractivity (Wildman–Crippen MR) is 52.2 cm³/mol. The summed E-state index contributed by atoms with van der Waals surface area (Å²) in [6.07, 6.45) is 0. The quantitative estimate of drug-likeness (QED) is 0.677. The Morgan fingerprint density at radius 1 is 1.58 bits per heavy atom. The van der Waals surface area contributed by atoms with Crippen LogP contribution in [0, 0.1) is 0 Å². The number of hydrogen-bond acceptors (Lipinski definition) is 4. The van der Waals surface area contributed by atoms with Crippen molar-refractivity contribution in [1.29, 1.82) is 0 Å². The van der Waals surface area contributed by atoms with Crippen LogP contribution in [0.2, 0.25) is 0 Å². The van der Waals surface area contributed by atoms with Gasteiger partial charge in [-0.15, -0.1) is 0 Å². The largest absolute Gasteiger partial charge is 0.468 e. The fraction of sp³-hybridized carbons (Fsp3) is 0.875. The van der Waals surface area contributed by atoms with Crippen molar-refractivity contribution in [3.63, 3.8) is 0 Å². The van der Waals surface area contributed by atoms with Gasteiger partial charge in [0.15, 0.2) is 0 Å². The van der Waals surface area contributed by atoms with Gasteiger partial charge in [-0.05, 0) is 0 Å². The molecule has 0 heterocycles. The van der Waals surface area contributed by atoms with Crippen molar-refractivity contribution in [1.82, 2.24) is 0 Å². The number of methoxy groups -OCH3 is 1. The molecule has 12 heavy (non-hydrogen) atoms. The van der Waals surface area contributed by atoms with Crippen molar-refractivity contribution in [2.24, 2.45) is 5.73 Å². The smallest absolute Gasteiger partial charge is 0.323 e. The summed E-state index contributed by atoms with van der Waals surface area (Å²) >= 11 is 1.66. The second-order valence-electron chi connectivity index (χ2n) is 3.55. The van der Waals surface area contributed by atoms with E-state index in [4.69, 9.17) is 5.73 Å². The van der Waals surface area contributed by atoms with Gasteiger partial charge in [-0.3, -0.25) is 4.79 Å². The fourth-order valence-corrected chi connectivity index (χ4v) is 1.37. The lowest BCUT2D eigenvalue weighted by atomic mass is 10.3. The summed E-state index contributed by atoms with van der Waals surface area (Å²) in [4.78, 5) is 10.9. The van der Waals surface area contributed by atoms with Gasteiger partial charge < -0.3 is 10.5 Å². The summed E-state index contributed by atoms with van der Waals surface area (Å²) in [6.45, 7) is 6.25. The fourth-order valence-electron chi connectivity index (χ4n) is 0.559. The van der Waals surface area contributed by atoms with Crippen LogP contribution in [0.5, 0.6) is 0 Å². The Morgan fingerprint density at radius 2 is 2.08 bits per heavy atom. The standard InChI is InChI=1S/C8H17NO2S/c1-8(2,3)12-5-6(9)7(10)11-4/h6H,5,9H2,1-4H3. The number of rotatable bonds is 3. The second kappa shape index (κ2) is 4.72. The first-order chi connectivity index (χ1) is 5.37. The Kier molecular flexibility index (Phi) is 4.63. The van der Waals surface area contributed by atoms with Gasteiger partial charge in [-0.2, -0.15) is 11.8 Å². The molecule has 0 rings (SSSR count). The summed E-state index contributed by atoms with van der Waals surface area (Å²) in [7, 11) is 1.35. The van der Waals surface area contributed by atoms with Crippen LogP contribution >= 0.6 is 11.8 Å². The SMILES string of the molecule is COC(=O)C(N)CSC(C)(C)C. The molecule has 0 bridgehead atoms. The molecule has 0 aliphatic carbocycles. The van der Waals surface area contributed by atoms with E-state index in [1.54, 1.807) is 11.8 Å². The zero-order valence-electron chi connectivity index (χ0n) is 8.09. The van der Waals surface area contributed by atoms with Crippen molar-refractivity contribution in [3.05, 3.63) is 0 Å². The maximum Gasteiger partial charge on any atom is 0.323 e. The number of ether oxygens (including phenoxy) is 1. The summed E-state index contributed by atoms with van der Waals surface area (Å²) in [5.41, 5.74) is 5.54. The van der Waals surface area contributed by atoms with Crippen LogP contribution in [-0.4, -0.2) is 29.6 Å². The number of carbonyl (C=O) groups excluding carboxylic acids is 1. The maximum atomic E-state index is 10.9. The first kappa shape index (κ1) is 11.8. The van der Waals surface area contributed by atoms with E-state index >= 15 is 0 Å². The molecule has 1 unspecified atom stereocenters. The molecule has 0 saturated heterocycles. The van der Waals surface area contributed by atoms with Gasteiger partial charge in [0.05, 0.1) is 7.11 Å². The second-order valence-corrected chi connectivity index (χ2v) is 5.40. The highest BCUT2D eigenvalue weighted by atomic mass is 32.2. The maximum absolute atomic E-state index is 10.9. The van der Waals surface area contributed by atoms with Crippen LogP contribution in [0.3, 0.4) is 0 Å².